The van der Waals surface area contributed by atoms with Crippen LogP contribution < -0.4 is 10.1 Å². The lowest BCUT2D eigenvalue weighted by Crippen LogP contribution is -2.28. The summed E-state index contributed by atoms with van der Waals surface area (Å²) in [4.78, 5) is 44.1. The van der Waals surface area contributed by atoms with Crippen molar-refractivity contribution in [3.05, 3.63) is 52.8 Å². The van der Waals surface area contributed by atoms with Gasteiger partial charge in [0, 0.05) is 18.1 Å². The molecular formula is C19H18N4O6S3. The van der Waals surface area contributed by atoms with Crippen LogP contribution >= 0.6 is 22.7 Å². The van der Waals surface area contributed by atoms with Crippen LogP contribution in [0.3, 0.4) is 0 Å². The molecule has 0 spiro atoms. The maximum atomic E-state index is 12.4. The number of ether oxygens (including phenoxy) is 1. The summed E-state index contributed by atoms with van der Waals surface area (Å²) in [6.07, 6.45) is 3.07. The number of aromatic nitrogens is 2. The molecule has 0 unspecified atom stereocenters. The Kier molecular flexibility index (Phi) is 7.33. The molecule has 168 valence electrons. The molecular weight excluding hydrogens is 476 g/mol. The largest absolute Gasteiger partial charge is 0.465 e. The number of methoxy groups -OCH3 is 1. The van der Waals surface area contributed by atoms with Gasteiger partial charge in [-0.3, -0.25) is 9.59 Å². The van der Waals surface area contributed by atoms with Gasteiger partial charge in [-0.05, 0) is 18.2 Å². The molecule has 0 aliphatic rings. The fourth-order valence-corrected chi connectivity index (χ4v) is 5.38. The predicted molar refractivity (Wildman–Crippen MR) is 121 cm³/mol. The number of fused-ring (bicyclic) bond motifs is 1. The highest BCUT2D eigenvalue weighted by atomic mass is 32.2. The highest BCUT2D eigenvalue weighted by molar-refractivity contribution is 7.92. The van der Waals surface area contributed by atoms with Crippen LogP contribution in [-0.2, 0) is 30.7 Å². The van der Waals surface area contributed by atoms with E-state index in [9.17, 15) is 22.8 Å². The molecule has 0 aliphatic heterocycles. The maximum absolute atomic E-state index is 12.4. The van der Waals surface area contributed by atoms with Crippen LogP contribution in [0.4, 0.5) is 5.13 Å². The van der Waals surface area contributed by atoms with E-state index in [1.165, 1.54) is 13.3 Å². The van der Waals surface area contributed by atoms with Crippen molar-refractivity contribution in [1.82, 2.24) is 9.55 Å². The zero-order chi connectivity index (χ0) is 23.3. The van der Waals surface area contributed by atoms with E-state index in [0.29, 0.717) is 22.3 Å². The molecule has 1 aromatic carbocycles. The fraction of sp³-hybridized carbons (Fsp3) is 0.211. The lowest BCUT2D eigenvalue weighted by molar-refractivity contribution is -0.115. The number of carbonyl (C=O) groups is 3. The van der Waals surface area contributed by atoms with Crippen LogP contribution in [0.15, 0.2) is 47.4 Å². The van der Waals surface area contributed by atoms with E-state index in [1.807, 2.05) is 0 Å². The number of anilines is 1. The first kappa shape index (κ1) is 23.5. The van der Waals surface area contributed by atoms with E-state index < -0.39 is 39.1 Å². The van der Waals surface area contributed by atoms with Crippen molar-refractivity contribution in [1.29, 1.82) is 0 Å². The standard InChI is InChI=1S/C19H18N4O6S3/c1-3-7-23-13-5-4-12(17(26)29-2)9-14(13)31-19(23)22-16(25)11-32(27,28)10-15(24)21-18-20-6-8-30-18/h3-6,8-9H,1,7,10-11H2,2H3,(H,20,21,24). The molecule has 0 radical (unpaired) electrons. The van der Waals surface area contributed by atoms with Crippen LogP contribution in [0.2, 0.25) is 0 Å². The van der Waals surface area contributed by atoms with E-state index in [4.69, 9.17) is 4.74 Å². The van der Waals surface area contributed by atoms with Crippen molar-refractivity contribution in [2.45, 2.75) is 6.54 Å². The number of hydrogen-bond donors (Lipinski definition) is 1. The summed E-state index contributed by atoms with van der Waals surface area (Å²) in [7, 11) is -2.77. The number of hydrogen-bond acceptors (Lipinski definition) is 9. The zero-order valence-electron chi connectivity index (χ0n) is 16.8. The normalized spacial score (nSPS) is 12.0. The van der Waals surface area contributed by atoms with Crippen molar-refractivity contribution in [2.75, 3.05) is 23.9 Å². The maximum Gasteiger partial charge on any atom is 0.337 e. The Balaban J connectivity index is 1.84. The summed E-state index contributed by atoms with van der Waals surface area (Å²) >= 11 is 2.26. The number of nitrogens with zero attached hydrogens (tertiary/aromatic N) is 3. The molecule has 0 aliphatic carbocycles. The van der Waals surface area contributed by atoms with Gasteiger partial charge in [0.25, 0.3) is 5.91 Å². The second kappa shape index (κ2) is 9.97. The Morgan fingerprint density at radius 3 is 2.75 bits per heavy atom. The fourth-order valence-electron chi connectivity index (χ4n) is 2.73. The Morgan fingerprint density at radius 2 is 2.09 bits per heavy atom. The molecule has 2 heterocycles. The third kappa shape index (κ3) is 5.75. The summed E-state index contributed by atoms with van der Waals surface area (Å²) in [5.41, 5.74) is 1.03. The minimum absolute atomic E-state index is 0.245. The SMILES string of the molecule is C=CCn1c(=NC(=O)CS(=O)(=O)CC(=O)Nc2nccs2)sc2cc(C(=O)OC)ccc21. The van der Waals surface area contributed by atoms with Gasteiger partial charge in [-0.25, -0.2) is 18.2 Å². The number of nitrogens with one attached hydrogen (secondary N) is 1. The summed E-state index contributed by atoms with van der Waals surface area (Å²) in [5, 5.41) is 4.26. The van der Waals surface area contributed by atoms with Crippen LogP contribution in [0.1, 0.15) is 10.4 Å². The van der Waals surface area contributed by atoms with Crippen LogP contribution in [0.25, 0.3) is 10.2 Å². The van der Waals surface area contributed by atoms with Gasteiger partial charge in [-0.2, -0.15) is 4.99 Å². The molecule has 3 rings (SSSR count). The van der Waals surface area contributed by atoms with Crippen molar-refractivity contribution in [3.8, 4) is 0 Å². The monoisotopic (exact) mass is 494 g/mol. The number of amides is 2. The Bertz CT molecular complexity index is 1350. The molecule has 10 nitrogen and oxygen atoms in total. The Hall–Kier alpha value is -3.16. The smallest absolute Gasteiger partial charge is 0.337 e. The molecule has 0 atom stereocenters. The average Bonchev–Trinajstić information content (AvgIpc) is 3.34. The molecule has 32 heavy (non-hydrogen) atoms. The second-order valence-corrected chi connectivity index (χ2v) is 10.3. The lowest BCUT2D eigenvalue weighted by Gasteiger charge is -2.03. The molecule has 0 bridgehead atoms. The third-order valence-electron chi connectivity index (χ3n) is 4.01. The first-order chi connectivity index (χ1) is 15.2. The molecule has 13 heteroatoms. The molecule has 2 amide bonds. The first-order valence-corrected chi connectivity index (χ1v) is 12.5. The predicted octanol–water partition coefficient (Wildman–Crippen LogP) is 1.61. The Labute approximate surface area is 190 Å². The number of carbonyl (C=O) groups excluding carboxylic acids is 3. The van der Waals surface area contributed by atoms with Crippen LogP contribution in [0.5, 0.6) is 0 Å². The van der Waals surface area contributed by atoms with Gasteiger partial charge < -0.3 is 14.6 Å². The molecule has 0 saturated heterocycles. The van der Waals surface area contributed by atoms with Crippen molar-refractivity contribution >= 4 is 65.6 Å². The first-order valence-electron chi connectivity index (χ1n) is 9.02. The summed E-state index contributed by atoms with van der Waals surface area (Å²) in [6, 6.07) is 4.87. The summed E-state index contributed by atoms with van der Waals surface area (Å²) in [6.45, 7) is 3.99. The van der Waals surface area contributed by atoms with Crippen LogP contribution in [0, 0.1) is 0 Å². The topological polar surface area (TPSA) is 137 Å². The highest BCUT2D eigenvalue weighted by Crippen LogP contribution is 2.20. The number of esters is 1. The molecule has 0 saturated carbocycles. The van der Waals surface area contributed by atoms with Crippen molar-refractivity contribution in [2.24, 2.45) is 4.99 Å². The average molecular weight is 495 g/mol. The lowest BCUT2D eigenvalue weighted by atomic mass is 10.2. The third-order valence-corrected chi connectivity index (χ3v) is 7.13. The molecule has 3 aromatic rings. The minimum Gasteiger partial charge on any atom is -0.465 e. The Morgan fingerprint density at radius 1 is 1.31 bits per heavy atom. The highest BCUT2D eigenvalue weighted by Gasteiger charge is 2.21. The van der Waals surface area contributed by atoms with Gasteiger partial charge in [0.15, 0.2) is 19.8 Å². The van der Waals surface area contributed by atoms with Gasteiger partial charge in [0.1, 0.15) is 11.5 Å². The van der Waals surface area contributed by atoms with Crippen LogP contribution in [-0.4, -0.2) is 54.4 Å². The number of sulfone groups is 1. The molecule has 1 N–H and O–H groups in total. The number of benzene rings is 1. The zero-order valence-corrected chi connectivity index (χ0v) is 19.3. The van der Waals surface area contributed by atoms with E-state index in [1.54, 1.807) is 34.2 Å². The van der Waals surface area contributed by atoms with Gasteiger partial charge in [0.05, 0.1) is 22.9 Å². The summed E-state index contributed by atoms with van der Waals surface area (Å²) in [5.74, 6) is -3.99. The van der Waals surface area contributed by atoms with Crippen molar-refractivity contribution in [3.63, 3.8) is 0 Å². The molecule has 0 fully saturated rings. The van der Waals surface area contributed by atoms with E-state index in [-0.39, 0.29) is 9.93 Å². The summed E-state index contributed by atoms with van der Waals surface area (Å²) < 4.78 is 31.6. The molecule has 2 aromatic heterocycles. The van der Waals surface area contributed by atoms with Gasteiger partial charge >= 0.3 is 5.97 Å². The van der Waals surface area contributed by atoms with E-state index in [2.05, 4.69) is 21.9 Å². The quantitative estimate of drug-likeness (QED) is 0.371. The van der Waals surface area contributed by atoms with Gasteiger partial charge in [0.2, 0.25) is 5.91 Å². The van der Waals surface area contributed by atoms with Gasteiger partial charge in [-0.1, -0.05) is 17.4 Å². The van der Waals surface area contributed by atoms with E-state index >= 15 is 0 Å². The number of rotatable bonds is 8. The second-order valence-electron chi connectivity index (χ2n) is 6.38. The minimum atomic E-state index is -4.04. The number of allylic oxidation sites excluding steroid dienone is 1. The number of thiazole rings is 2. The van der Waals surface area contributed by atoms with Crippen molar-refractivity contribution < 1.29 is 27.5 Å². The van der Waals surface area contributed by atoms with Gasteiger partial charge in [-0.15, -0.1) is 17.9 Å². The van der Waals surface area contributed by atoms with E-state index in [0.717, 1.165) is 22.7 Å².